The van der Waals surface area contributed by atoms with Gasteiger partial charge in [0.1, 0.15) is 24.4 Å². The molecule has 1 heterocycles. The molecule has 1 rings (SSSR count). The molecule has 0 aromatic carbocycles. The van der Waals surface area contributed by atoms with Crippen molar-refractivity contribution in [2.45, 2.75) is 442 Å². The number of ether oxygens (including phenoxy) is 3. The van der Waals surface area contributed by atoms with E-state index in [2.05, 4.69) is 43.5 Å². The monoisotopic (exact) mass is 1290 g/mol. The average Bonchev–Trinajstić information content (AvgIpc) is 3.73. The predicted octanol–water partition coefficient (Wildman–Crippen LogP) is 21.3. The molecule has 0 bridgehead atoms. The normalized spacial score (nSPS) is 17.7. The van der Waals surface area contributed by atoms with E-state index in [0.717, 1.165) is 64.2 Å². The van der Waals surface area contributed by atoms with Crippen molar-refractivity contribution in [3.05, 3.63) is 36.5 Å². The first-order chi connectivity index (χ1) is 44.7. The minimum Gasteiger partial charge on any atom is -0.466 e. The largest absolute Gasteiger partial charge is 0.466 e. The third-order valence-corrected chi connectivity index (χ3v) is 19.0. The number of allylic oxidation sites excluding steroid dienone is 5. The van der Waals surface area contributed by atoms with Crippen molar-refractivity contribution in [3.63, 3.8) is 0 Å². The van der Waals surface area contributed by atoms with Crippen molar-refractivity contribution in [3.8, 4) is 0 Å². The number of amides is 1. The van der Waals surface area contributed by atoms with Gasteiger partial charge in [0.2, 0.25) is 5.91 Å². The fraction of sp³-hybridized carbons (Fsp3) is 0.900. The van der Waals surface area contributed by atoms with Crippen LogP contribution in [-0.4, -0.2) is 100 Å². The van der Waals surface area contributed by atoms with Crippen LogP contribution in [0.4, 0.5) is 0 Å². The van der Waals surface area contributed by atoms with E-state index in [0.29, 0.717) is 19.4 Å². The summed E-state index contributed by atoms with van der Waals surface area (Å²) >= 11 is 0. The topological polar surface area (TPSA) is 175 Å². The quantitative estimate of drug-likeness (QED) is 0.0195. The molecule has 7 atom stereocenters. The Kier molecular flexibility index (Phi) is 66.1. The molecular weight excluding hydrogens is 1130 g/mol. The van der Waals surface area contributed by atoms with Crippen LogP contribution in [0.15, 0.2) is 36.5 Å². The summed E-state index contributed by atoms with van der Waals surface area (Å²) in [7, 11) is 0. The molecule has 1 aliphatic heterocycles. The molecule has 11 heteroatoms. The van der Waals surface area contributed by atoms with Crippen LogP contribution in [0.3, 0.4) is 0 Å². The number of nitrogens with one attached hydrogen (secondary N) is 1. The Bertz CT molecular complexity index is 1610. The molecule has 1 amide bonds. The van der Waals surface area contributed by atoms with Crippen molar-refractivity contribution < 1.29 is 49.3 Å². The summed E-state index contributed by atoms with van der Waals surface area (Å²) in [5.74, 6) is -0.171. The predicted molar refractivity (Wildman–Crippen MR) is 384 cm³/mol. The fourth-order valence-corrected chi connectivity index (χ4v) is 12.8. The SMILES string of the molecule is CCCCC/C=C\C/C=C\CCCCCCCC(=O)OCCCCCCCCCCCCCCCCCCCCCCCCCCCCCCCCCCCCCCCCCC(=O)NC(COC1OC(CO)C(O)C(O)C1O)C(O)/C=C/CCCCCCCCC. The lowest BCUT2D eigenvalue weighted by molar-refractivity contribution is -0.302. The molecule has 0 aliphatic carbocycles. The Balaban J connectivity index is 1.83. The standard InChI is InChI=1S/C80H151NO10/c1-3-5-7-9-11-13-14-15-41-45-48-52-56-60-64-68-76(85)89-69-65-61-57-53-49-46-43-40-38-36-34-32-30-28-26-24-22-20-18-16-17-19-21-23-25-27-29-31-33-35-37-39-42-44-47-51-55-59-63-67-75(84)81-72(73(83)66-62-58-54-50-12-10-8-6-4-2)71-90-80-79(88)78(87)77(86)74(70-82)91-80/h11,13,15,41,62,66,72-74,77-80,82-83,86-88H,3-10,12,14,16-40,42-61,63-65,67-71H2,1-2H3,(H,81,84)/b13-11-,41-15-,66-62+. The fourth-order valence-electron chi connectivity index (χ4n) is 12.8. The molecule has 6 N–H and O–H groups in total. The van der Waals surface area contributed by atoms with Gasteiger partial charge in [-0.3, -0.25) is 9.59 Å². The number of carbonyl (C=O) groups excluding carboxylic acids is 2. The lowest BCUT2D eigenvalue weighted by Crippen LogP contribution is -2.60. The van der Waals surface area contributed by atoms with E-state index in [-0.39, 0.29) is 18.5 Å². The summed E-state index contributed by atoms with van der Waals surface area (Å²) in [5.41, 5.74) is 0. The average molecular weight is 1290 g/mol. The molecule has 0 spiro atoms. The van der Waals surface area contributed by atoms with Gasteiger partial charge in [0, 0.05) is 12.8 Å². The third kappa shape index (κ3) is 57.8. The van der Waals surface area contributed by atoms with Gasteiger partial charge in [-0.25, -0.2) is 0 Å². The summed E-state index contributed by atoms with van der Waals surface area (Å²) in [5, 5.41) is 54.4. The summed E-state index contributed by atoms with van der Waals surface area (Å²) in [6, 6.07) is -0.804. The van der Waals surface area contributed by atoms with E-state index in [1.165, 1.54) is 308 Å². The summed E-state index contributed by atoms with van der Waals surface area (Å²) in [6.45, 7) is 4.33. The van der Waals surface area contributed by atoms with Gasteiger partial charge in [0.25, 0.3) is 0 Å². The molecule has 7 unspecified atom stereocenters. The minimum atomic E-state index is -1.57. The zero-order valence-electron chi connectivity index (χ0n) is 59.8. The van der Waals surface area contributed by atoms with Crippen molar-refractivity contribution in [1.82, 2.24) is 5.32 Å². The summed E-state index contributed by atoms with van der Waals surface area (Å²) < 4.78 is 16.7. The van der Waals surface area contributed by atoms with E-state index in [1.807, 2.05) is 6.08 Å². The highest BCUT2D eigenvalue weighted by molar-refractivity contribution is 5.76. The van der Waals surface area contributed by atoms with Gasteiger partial charge in [0.15, 0.2) is 6.29 Å². The van der Waals surface area contributed by atoms with Gasteiger partial charge >= 0.3 is 5.97 Å². The molecule has 1 fully saturated rings. The lowest BCUT2D eigenvalue weighted by Gasteiger charge is -2.40. The molecular formula is C80H151NO10. The van der Waals surface area contributed by atoms with Gasteiger partial charge in [0.05, 0.1) is 32.0 Å². The van der Waals surface area contributed by atoms with Crippen molar-refractivity contribution in [2.75, 3.05) is 19.8 Å². The zero-order chi connectivity index (χ0) is 65.8. The van der Waals surface area contributed by atoms with Crippen LogP contribution < -0.4 is 5.32 Å². The number of unbranched alkanes of at least 4 members (excludes halogenated alkanes) is 53. The molecule has 0 radical (unpaired) electrons. The van der Waals surface area contributed by atoms with E-state index < -0.39 is 49.5 Å². The highest BCUT2D eigenvalue weighted by Crippen LogP contribution is 2.24. The Hall–Kier alpha value is -2.12. The highest BCUT2D eigenvalue weighted by Gasteiger charge is 2.44. The van der Waals surface area contributed by atoms with E-state index in [4.69, 9.17) is 14.2 Å². The Morgan fingerprint density at radius 3 is 1.13 bits per heavy atom. The van der Waals surface area contributed by atoms with Crippen LogP contribution in [0.2, 0.25) is 0 Å². The van der Waals surface area contributed by atoms with Gasteiger partial charge < -0.3 is 45.1 Å². The van der Waals surface area contributed by atoms with Crippen LogP contribution in [0, 0.1) is 0 Å². The molecule has 91 heavy (non-hydrogen) atoms. The van der Waals surface area contributed by atoms with Crippen LogP contribution in [0.1, 0.15) is 399 Å². The van der Waals surface area contributed by atoms with Crippen molar-refractivity contribution in [2.24, 2.45) is 0 Å². The number of aliphatic hydroxyl groups excluding tert-OH is 5. The summed E-state index contributed by atoms with van der Waals surface area (Å²) in [6.07, 6.45) is 80.6. The Morgan fingerprint density at radius 2 is 0.736 bits per heavy atom. The molecule has 0 saturated carbocycles. The van der Waals surface area contributed by atoms with Gasteiger partial charge in [-0.1, -0.05) is 359 Å². The lowest BCUT2D eigenvalue weighted by atomic mass is 9.99. The van der Waals surface area contributed by atoms with E-state index in [1.54, 1.807) is 6.08 Å². The highest BCUT2D eigenvalue weighted by atomic mass is 16.7. The second-order valence-electron chi connectivity index (χ2n) is 27.8. The maximum absolute atomic E-state index is 13.0. The smallest absolute Gasteiger partial charge is 0.305 e. The number of carbonyl (C=O) groups is 2. The first-order valence-electron chi connectivity index (χ1n) is 39.8. The van der Waals surface area contributed by atoms with Crippen LogP contribution in [-0.2, 0) is 23.8 Å². The second kappa shape index (κ2) is 69.2. The molecule has 1 aliphatic rings. The first-order valence-corrected chi connectivity index (χ1v) is 39.8. The zero-order valence-corrected chi connectivity index (χ0v) is 59.8. The molecule has 0 aromatic heterocycles. The van der Waals surface area contributed by atoms with E-state index >= 15 is 0 Å². The maximum Gasteiger partial charge on any atom is 0.305 e. The first kappa shape index (κ1) is 86.9. The Morgan fingerprint density at radius 1 is 0.407 bits per heavy atom. The number of rotatable bonds is 71. The Labute approximate surface area is 562 Å². The summed E-state index contributed by atoms with van der Waals surface area (Å²) in [4.78, 5) is 25.1. The van der Waals surface area contributed by atoms with Gasteiger partial charge in [-0.2, -0.15) is 0 Å². The molecule has 0 aromatic rings. The number of aliphatic hydroxyl groups is 5. The molecule has 1 saturated heterocycles. The van der Waals surface area contributed by atoms with Gasteiger partial charge in [-0.15, -0.1) is 0 Å². The number of hydrogen-bond donors (Lipinski definition) is 6. The van der Waals surface area contributed by atoms with E-state index in [9.17, 15) is 35.1 Å². The van der Waals surface area contributed by atoms with Crippen LogP contribution in [0.5, 0.6) is 0 Å². The van der Waals surface area contributed by atoms with Crippen LogP contribution in [0.25, 0.3) is 0 Å². The van der Waals surface area contributed by atoms with Gasteiger partial charge in [-0.05, 0) is 64.2 Å². The van der Waals surface area contributed by atoms with Crippen molar-refractivity contribution >= 4 is 11.9 Å². The third-order valence-electron chi connectivity index (χ3n) is 19.0. The van der Waals surface area contributed by atoms with Crippen molar-refractivity contribution in [1.29, 1.82) is 0 Å². The maximum atomic E-state index is 13.0. The van der Waals surface area contributed by atoms with Crippen LogP contribution >= 0.6 is 0 Å². The number of hydrogen-bond acceptors (Lipinski definition) is 10. The number of esters is 1. The minimum absolute atomic E-state index is 0.00470. The molecule has 536 valence electrons. The second-order valence-corrected chi connectivity index (χ2v) is 27.8. The molecule has 11 nitrogen and oxygen atoms in total.